The molecule has 2 heterocycles. The van der Waals surface area contributed by atoms with Crippen molar-refractivity contribution in [2.45, 2.75) is 20.3 Å². The number of aromatic nitrogens is 2. The Labute approximate surface area is 88.2 Å². The van der Waals surface area contributed by atoms with Crippen LogP contribution in [-0.2, 0) is 0 Å². The van der Waals surface area contributed by atoms with Crippen LogP contribution in [0.4, 0.5) is 0 Å². The monoisotopic (exact) mass is 200 g/mol. The Morgan fingerprint density at radius 3 is 2.93 bits per heavy atom. The molecule has 0 unspecified atom stereocenters. The van der Waals surface area contributed by atoms with Crippen molar-refractivity contribution in [3.8, 4) is 0 Å². The maximum Gasteiger partial charge on any atom is 0.165 e. The molecule has 2 aromatic heterocycles. The third-order valence-corrected chi connectivity index (χ3v) is 2.41. The predicted octanol–water partition coefficient (Wildman–Crippen LogP) is 2.53. The van der Waals surface area contributed by atoms with Crippen LogP contribution in [0, 0.1) is 6.92 Å². The van der Waals surface area contributed by atoms with Crippen molar-refractivity contribution in [1.29, 1.82) is 0 Å². The van der Waals surface area contributed by atoms with E-state index in [9.17, 15) is 4.79 Å². The number of carbonyl (C=O) groups is 1. The van der Waals surface area contributed by atoms with Gasteiger partial charge in [-0.1, -0.05) is 6.92 Å². The highest BCUT2D eigenvalue weighted by molar-refractivity contribution is 6.06. The number of rotatable bonds is 2. The summed E-state index contributed by atoms with van der Waals surface area (Å²) in [6.07, 6.45) is 3.92. The molecular formula is C12H12N2O. The van der Waals surface area contributed by atoms with Gasteiger partial charge >= 0.3 is 0 Å². The SMILES string of the molecule is CCC(=O)c1c(C)cnc2cccnc12. The summed E-state index contributed by atoms with van der Waals surface area (Å²) in [6.45, 7) is 3.75. The summed E-state index contributed by atoms with van der Waals surface area (Å²) in [5.74, 6) is 0.124. The number of pyridine rings is 2. The summed E-state index contributed by atoms with van der Waals surface area (Å²) in [4.78, 5) is 20.3. The second-order valence-corrected chi connectivity index (χ2v) is 3.46. The molecule has 76 valence electrons. The van der Waals surface area contributed by atoms with Crippen LogP contribution >= 0.6 is 0 Å². The Morgan fingerprint density at radius 2 is 2.20 bits per heavy atom. The van der Waals surface area contributed by atoms with Gasteiger partial charge < -0.3 is 0 Å². The van der Waals surface area contributed by atoms with Crippen LogP contribution in [0.15, 0.2) is 24.5 Å². The van der Waals surface area contributed by atoms with Gasteiger partial charge in [0.1, 0.15) is 0 Å². The molecule has 0 saturated heterocycles. The molecule has 0 aromatic carbocycles. The molecule has 0 saturated carbocycles. The first-order chi connectivity index (χ1) is 7.24. The van der Waals surface area contributed by atoms with Crippen molar-refractivity contribution in [3.05, 3.63) is 35.7 Å². The molecule has 0 amide bonds. The molecule has 2 aromatic rings. The molecular weight excluding hydrogens is 188 g/mol. The third kappa shape index (κ3) is 1.61. The number of fused-ring (bicyclic) bond motifs is 1. The maximum absolute atomic E-state index is 11.8. The zero-order valence-corrected chi connectivity index (χ0v) is 8.82. The summed E-state index contributed by atoms with van der Waals surface area (Å²) >= 11 is 0. The van der Waals surface area contributed by atoms with Gasteiger partial charge in [-0.2, -0.15) is 0 Å². The van der Waals surface area contributed by atoms with E-state index in [1.807, 2.05) is 26.0 Å². The second kappa shape index (κ2) is 3.77. The highest BCUT2D eigenvalue weighted by Gasteiger charge is 2.12. The van der Waals surface area contributed by atoms with Crippen molar-refractivity contribution in [1.82, 2.24) is 9.97 Å². The normalized spacial score (nSPS) is 10.5. The van der Waals surface area contributed by atoms with E-state index in [0.29, 0.717) is 17.5 Å². The molecule has 2 rings (SSSR count). The number of ketones is 1. The Bertz CT molecular complexity index is 520. The molecule has 0 N–H and O–H groups in total. The Kier molecular flexibility index (Phi) is 2.46. The summed E-state index contributed by atoms with van der Waals surface area (Å²) in [5, 5.41) is 0. The van der Waals surface area contributed by atoms with Gasteiger partial charge in [-0.3, -0.25) is 14.8 Å². The quantitative estimate of drug-likeness (QED) is 0.699. The van der Waals surface area contributed by atoms with E-state index in [4.69, 9.17) is 0 Å². The average molecular weight is 200 g/mol. The van der Waals surface area contributed by atoms with Crippen LogP contribution in [0.5, 0.6) is 0 Å². The maximum atomic E-state index is 11.8. The number of aryl methyl sites for hydroxylation is 1. The molecule has 0 radical (unpaired) electrons. The molecule has 0 aliphatic heterocycles. The molecule has 0 bridgehead atoms. The first-order valence-electron chi connectivity index (χ1n) is 4.97. The predicted molar refractivity (Wildman–Crippen MR) is 58.9 cm³/mol. The van der Waals surface area contributed by atoms with E-state index in [0.717, 1.165) is 11.1 Å². The lowest BCUT2D eigenvalue weighted by molar-refractivity contribution is 0.0989. The van der Waals surface area contributed by atoms with E-state index >= 15 is 0 Å². The molecule has 0 fully saturated rings. The van der Waals surface area contributed by atoms with Gasteiger partial charge in [-0.25, -0.2) is 0 Å². The van der Waals surface area contributed by atoms with Gasteiger partial charge in [0.2, 0.25) is 0 Å². The molecule has 0 spiro atoms. The minimum Gasteiger partial charge on any atom is -0.294 e. The molecule has 0 aliphatic carbocycles. The minimum atomic E-state index is 0.124. The summed E-state index contributed by atoms with van der Waals surface area (Å²) in [7, 11) is 0. The van der Waals surface area contributed by atoms with Gasteiger partial charge in [-0.15, -0.1) is 0 Å². The Morgan fingerprint density at radius 1 is 1.40 bits per heavy atom. The first-order valence-corrected chi connectivity index (χ1v) is 4.97. The zero-order chi connectivity index (χ0) is 10.8. The van der Waals surface area contributed by atoms with Gasteiger partial charge in [0.25, 0.3) is 0 Å². The molecule has 15 heavy (non-hydrogen) atoms. The van der Waals surface area contributed by atoms with Crippen LogP contribution in [0.2, 0.25) is 0 Å². The summed E-state index contributed by atoms with van der Waals surface area (Å²) in [5.41, 5.74) is 3.10. The van der Waals surface area contributed by atoms with E-state index in [2.05, 4.69) is 9.97 Å². The van der Waals surface area contributed by atoms with Crippen LogP contribution in [-0.4, -0.2) is 15.8 Å². The Hall–Kier alpha value is -1.77. The van der Waals surface area contributed by atoms with Crippen LogP contribution in [0.3, 0.4) is 0 Å². The Balaban J connectivity index is 2.79. The van der Waals surface area contributed by atoms with Crippen molar-refractivity contribution in [3.63, 3.8) is 0 Å². The van der Waals surface area contributed by atoms with E-state index in [1.54, 1.807) is 12.4 Å². The zero-order valence-electron chi connectivity index (χ0n) is 8.82. The van der Waals surface area contributed by atoms with Crippen LogP contribution in [0.25, 0.3) is 11.0 Å². The number of hydrogen-bond donors (Lipinski definition) is 0. The molecule has 3 heteroatoms. The standard InChI is InChI=1S/C12H12N2O/c1-3-10(15)11-8(2)7-14-9-5-4-6-13-12(9)11/h4-7H,3H2,1-2H3. The van der Waals surface area contributed by atoms with Crippen molar-refractivity contribution in [2.24, 2.45) is 0 Å². The smallest absolute Gasteiger partial charge is 0.165 e. The average Bonchev–Trinajstić information content (AvgIpc) is 2.28. The van der Waals surface area contributed by atoms with Gasteiger partial charge in [0.05, 0.1) is 11.0 Å². The highest BCUT2D eigenvalue weighted by Crippen LogP contribution is 2.18. The van der Waals surface area contributed by atoms with E-state index < -0.39 is 0 Å². The first kappa shape index (κ1) is 9.77. The number of hydrogen-bond acceptors (Lipinski definition) is 3. The van der Waals surface area contributed by atoms with E-state index in [-0.39, 0.29) is 5.78 Å². The molecule has 0 aliphatic rings. The van der Waals surface area contributed by atoms with Crippen LogP contribution < -0.4 is 0 Å². The van der Waals surface area contributed by atoms with Crippen molar-refractivity contribution in [2.75, 3.05) is 0 Å². The topological polar surface area (TPSA) is 42.9 Å². The molecule has 3 nitrogen and oxygen atoms in total. The number of carbonyl (C=O) groups excluding carboxylic acids is 1. The highest BCUT2D eigenvalue weighted by atomic mass is 16.1. The second-order valence-electron chi connectivity index (χ2n) is 3.46. The lowest BCUT2D eigenvalue weighted by Crippen LogP contribution is -2.03. The number of Topliss-reactive ketones (excluding diaryl/α,β-unsaturated/α-hetero) is 1. The van der Waals surface area contributed by atoms with E-state index in [1.165, 1.54) is 0 Å². The lowest BCUT2D eigenvalue weighted by atomic mass is 10.0. The van der Waals surface area contributed by atoms with Crippen LogP contribution in [0.1, 0.15) is 29.3 Å². The van der Waals surface area contributed by atoms with Gasteiger partial charge in [-0.05, 0) is 24.6 Å². The summed E-state index contributed by atoms with van der Waals surface area (Å²) < 4.78 is 0. The van der Waals surface area contributed by atoms with Gasteiger partial charge in [0.15, 0.2) is 5.78 Å². The van der Waals surface area contributed by atoms with Crippen molar-refractivity contribution >= 4 is 16.8 Å². The largest absolute Gasteiger partial charge is 0.294 e. The fourth-order valence-electron chi connectivity index (χ4n) is 1.64. The summed E-state index contributed by atoms with van der Waals surface area (Å²) in [6, 6.07) is 3.69. The fraction of sp³-hybridized carbons (Fsp3) is 0.250. The van der Waals surface area contributed by atoms with Crippen molar-refractivity contribution < 1.29 is 4.79 Å². The molecule has 0 atom stereocenters. The minimum absolute atomic E-state index is 0.124. The third-order valence-electron chi connectivity index (χ3n) is 2.41. The lowest BCUT2D eigenvalue weighted by Gasteiger charge is -2.05. The van der Waals surface area contributed by atoms with Gasteiger partial charge in [0, 0.05) is 24.4 Å². The number of nitrogens with zero attached hydrogens (tertiary/aromatic N) is 2. The fourth-order valence-corrected chi connectivity index (χ4v) is 1.64.